The van der Waals surface area contributed by atoms with Gasteiger partial charge in [0.1, 0.15) is 17.9 Å². The molecular weight excluding hydrogens is 412 g/mol. The van der Waals surface area contributed by atoms with E-state index in [4.69, 9.17) is 15.5 Å². The van der Waals surface area contributed by atoms with Crippen molar-refractivity contribution in [1.29, 1.82) is 0 Å². The smallest absolute Gasteiger partial charge is 0.139 e. The minimum absolute atomic E-state index is 0.305. The number of hydrogen-bond donors (Lipinski definition) is 1. The van der Waals surface area contributed by atoms with Crippen LogP contribution in [0.15, 0.2) is 54.9 Å². The van der Waals surface area contributed by atoms with Crippen molar-refractivity contribution in [2.24, 2.45) is 5.73 Å². The Kier molecular flexibility index (Phi) is 6.15. The van der Waals surface area contributed by atoms with Crippen molar-refractivity contribution in [2.45, 2.75) is 25.3 Å². The minimum Gasteiger partial charge on any atom is -0.493 e. The normalized spacial score (nSPS) is 15.1. The first-order valence-corrected chi connectivity index (χ1v) is 11.7. The van der Waals surface area contributed by atoms with Gasteiger partial charge < -0.3 is 20.3 Å². The maximum atomic E-state index is 6.12. The molecule has 7 heteroatoms. The third-order valence-electron chi connectivity index (χ3n) is 6.35. The van der Waals surface area contributed by atoms with Crippen LogP contribution in [0, 0.1) is 0 Å². The van der Waals surface area contributed by atoms with Gasteiger partial charge in [0.05, 0.1) is 28.8 Å². The number of piperidine rings is 1. The van der Waals surface area contributed by atoms with Crippen molar-refractivity contribution >= 4 is 27.6 Å². The molecule has 5 rings (SSSR count). The number of benzene rings is 2. The molecule has 2 aromatic heterocycles. The van der Waals surface area contributed by atoms with Crippen LogP contribution in [0.3, 0.4) is 0 Å². The van der Waals surface area contributed by atoms with Gasteiger partial charge in [-0.1, -0.05) is 12.1 Å². The van der Waals surface area contributed by atoms with Gasteiger partial charge in [0.25, 0.3) is 0 Å². The fraction of sp³-hybridized carbons (Fsp3) is 0.385. The molecule has 3 heterocycles. The van der Waals surface area contributed by atoms with Crippen molar-refractivity contribution in [3.8, 4) is 11.6 Å². The lowest BCUT2D eigenvalue weighted by Gasteiger charge is -2.32. The number of pyridine rings is 1. The van der Waals surface area contributed by atoms with E-state index >= 15 is 0 Å². The molecule has 2 aromatic carbocycles. The van der Waals surface area contributed by atoms with Gasteiger partial charge in [0.2, 0.25) is 0 Å². The molecule has 0 atom stereocenters. The van der Waals surface area contributed by atoms with E-state index in [1.807, 2.05) is 23.0 Å². The van der Waals surface area contributed by atoms with E-state index < -0.39 is 0 Å². The number of imidazole rings is 1. The first-order chi connectivity index (χ1) is 16.1. The number of ether oxygens (including phenoxy) is 1. The molecule has 1 saturated heterocycles. The van der Waals surface area contributed by atoms with Gasteiger partial charge in [-0.15, -0.1) is 0 Å². The van der Waals surface area contributed by atoms with Crippen LogP contribution in [-0.2, 0) is 0 Å². The Labute approximate surface area is 194 Å². The number of aromatic nitrogens is 3. The van der Waals surface area contributed by atoms with Crippen LogP contribution < -0.4 is 15.4 Å². The second-order valence-electron chi connectivity index (χ2n) is 9.11. The molecule has 4 aromatic rings. The number of nitrogens with two attached hydrogens (primary N) is 1. The van der Waals surface area contributed by atoms with E-state index in [0.29, 0.717) is 12.6 Å². The number of fused-ring (bicyclic) bond motifs is 2. The minimum atomic E-state index is 0.305. The van der Waals surface area contributed by atoms with E-state index in [9.17, 15) is 0 Å². The SMILES string of the molecule is CN(C)CCCOc1ccc2c(c1)ncn2-c1ccc2cccc(N3CCC(N)CC3)c2n1. The fourth-order valence-corrected chi connectivity index (χ4v) is 4.49. The predicted octanol–water partition coefficient (Wildman–Crippen LogP) is 3.83. The van der Waals surface area contributed by atoms with Crippen LogP contribution in [0.2, 0.25) is 0 Å². The highest BCUT2D eigenvalue weighted by atomic mass is 16.5. The van der Waals surface area contributed by atoms with Gasteiger partial charge in [0.15, 0.2) is 0 Å². The maximum absolute atomic E-state index is 6.12. The molecule has 33 heavy (non-hydrogen) atoms. The first kappa shape index (κ1) is 21.7. The summed E-state index contributed by atoms with van der Waals surface area (Å²) in [5.41, 5.74) is 10.2. The van der Waals surface area contributed by atoms with Crippen molar-refractivity contribution in [2.75, 3.05) is 45.2 Å². The van der Waals surface area contributed by atoms with Crippen LogP contribution in [0.1, 0.15) is 19.3 Å². The average Bonchev–Trinajstić information content (AvgIpc) is 3.25. The topological polar surface area (TPSA) is 72.4 Å². The van der Waals surface area contributed by atoms with E-state index in [2.05, 4.69) is 65.3 Å². The summed E-state index contributed by atoms with van der Waals surface area (Å²) in [7, 11) is 4.15. The molecule has 0 aliphatic carbocycles. The molecule has 0 spiro atoms. The summed E-state index contributed by atoms with van der Waals surface area (Å²) >= 11 is 0. The molecule has 0 saturated carbocycles. The fourth-order valence-electron chi connectivity index (χ4n) is 4.49. The zero-order valence-electron chi connectivity index (χ0n) is 19.4. The Balaban J connectivity index is 1.42. The first-order valence-electron chi connectivity index (χ1n) is 11.7. The molecular formula is C26H32N6O. The third-order valence-corrected chi connectivity index (χ3v) is 6.35. The van der Waals surface area contributed by atoms with Gasteiger partial charge in [-0.2, -0.15) is 0 Å². The molecule has 1 aliphatic rings. The summed E-state index contributed by atoms with van der Waals surface area (Å²) in [6, 6.07) is 17.0. The lowest BCUT2D eigenvalue weighted by atomic mass is 10.0. The number of hydrogen-bond acceptors (Lipinski definition) is 6. The molecule has 0 amide bonds. The predicted molar refractivity (Wildman–Crippen MR) is 134 cm³/mol. The van der Waals surface area contributed by atoms with Crippen LogP contribution in [0.5, 0.6) is 5.75 Å². The zero-order chi connectivity index (χ0) is 22.8. The van der Waals surface area contributed by atoms with Crippen LogP contribution in [0.25, 0.3) is 27.8 Å². The van der Waals surface area contributed by atoms with Gasteiger partial charge in [-0.25, -0.2) is 9.97 Å². The maximum Gasteiger partial charge on any atom is 0.139 e. The van der Waals surface area contributed by atoms with E-state index in [1.165, 1.54) is 5.69 Å². The lowest BCUT2D eigenvalue weighted by molar-refractivity contribution is 0.282. The largest absolute Gasteiger partial charge is 0.493 e. The Morgan fingerprint density at radius 3 is 2.76 bits per heavy atom. The molecule has 2 N–H and O–H groups in total. The van der Waals surface area contributed by atoms with Crippen LogP contribution in [0.4, 0.5) is 5.69 Å². The van der Waals surface area contributed by atoms with Gasteiger partial charge >= 0.3 is 0 Å². The molecule has 7 nitrogen and oxygen atoms in total. The molecule has 0 bridgehead atoms. The number of nitrogens with zero attached hydrogens (tertiary/aromatic N) is 5. The molecule has 172 valence electrons. The van der Waals surface area contributed by atoms with E-state index in [0.717, 1.165) is 72.4 Å². The van der Waals surface area contributed by atoms with Crippen molar-refractivity contribution < 1.29 is 4.74 Å². The van der Waals surface area contributed by atoms with Gasteiger partial charge in [0, 0.05) is 37.1 Å². The van der Waals surface area contributed by atoms with Crippen LogP contribution in [-0.4, -0.2) is 65.8 Å². The summed E-state index contributed by atoms with van der Waals surface area (Å²) in [6.45, 7) is 3.65. The summed E-state index contributed by atoms with van der Waals surface area (Å²) < 4.78 is 7.97. The summed E-state index contributed by atoms with van der Waals surface area (Å²) in [4.78, 5) is 14.3. The average molecular weight is 445 g/mol. The number of rotatable bonds is 7. The Hall–Kier alpha value is -3.16. The van der Waals surface area contributed by atoms with E-state index in [1.54, 1.807) is 0 Å². The molecule has 0 unspecified atom stereocenters. The summed E-state index contributed by atoms with van der Waals surface area (Å²) in [6.07, 6.45) is 4.87. The number of para-hydroxylation sites is 1. The monoisotopic (exact) mass is 444 g/mol. The number of anilines is 1. The molecule has 1 aliphatic heterocycles. The van der Waals surface area contributed by atoms with E-state index in [-0.39, 0.29) is 0 Å². The Bertz CT molecular complexity index is 1240. The van der Waals surface area contributed by atoms with Crippen molar-refractivity contribution in [1.82, 2.24) is 19.4 Å². The van der Waals surface area contributed by atoms with Crippen molar-refractivity contribution in [3.63, 3.8) is 0 Å². The standard InChI is InChI=1S/C26H32N6O/c1-30(2)13-4-16-33-21-8-9-23-22(17-21)28-18-32(23)25-10-7-19-5-3-6-24(26(19)29-25)31-14-11-20(27)12-15-31/h3,5-10,17-18,20H,4,11-16,27H2,1-2H3. The van der Waals surface area contributed by atoms with Crippen molar-refractivity contribution in [3.05, 3.63) is 54.9 Å². The van der Waals surface area contributed by atoms with Gasteiger partial charge in [-0.05, 0) is 63.7 Å². The summed E-state index contributed by atoms with van der Waals surface area (Å²) in [5.74, 6) is 1.72. The molecule has 0 radical (unpaired) electrons. The second-order valence-corrected chi connectivity index (χ2v) is 9.11. The highest BCUT2D eigenvalue weighted by Crippen LogP contribution is 2.29. The highest BCUT2D eigenvalue weighted by Gasteiger charge is 2.19. The quantitative estimate of drug-likeness (QED) is 0.437. The molecule has 1 fully saturated rings. The zero-order valence-corrected chi connectivity index (χ0v) is 19.4. The lowest BCUT2D eigenvalue weighted by Crippen LogP contribution is -2.39. The van der Waals surface area contributed by atoms with Gasteiger partial charge in [-0.3, -0.25) is 4.57 Å². The Morgan fingerprint density at radius 1 is 1.09 bits per heavy atom. The second kappa shape index (κ2) is 9.37. The summed E-state index contributed by atoms with van der Waals surface area (Å²) in [5, 5.41) is 1.14. The Morgan fingerprint density at radius 2 is 1.94 bits per heavy atom. The highest BCUT2D eigenvalue weighted by molar-refractivity contribution is 5.92. The third kappa shape index (κ3) is 4.65. The van der Waals surface area contributed by atoms with Crippen LogP contribution >= 0.6 is 0 Å².